The number of rotatable bonds is 4. The number of nitrogens with zero attached hydrogens (tertiary/aromatic N) is 3. The SMILES string of the molecule is O=C1c2cc(COc3cccc(F)c3)nn2CCN1C1CCCNC1. The molecule has 3 heterocycles. The van der Waals surface area contributed by atoms with Crippen molar-refractivity contribution in [3.8, 4) is 5.75 Å². The molecule has 1 saturated heterocycles. The molecule has 0 spiro atoms. The number of piperidine rings is 1. The molecule has 2 aliphatic heterocycles. The molecule has 0 aliphatic carbocycles. The summed E-state index contributed by atoms with van der Waals surface area (Å²) in [6.45, 7) is 3.47. The van der Waals surface area contributed by atoms with Crippen molar-refractivity contribution in [3.05, 3.63) is 47.5 Å². The lowest BCUT2D eigenvalue weighted by Crippen LogP contribution is -2.52. The van der Waals surface area contributed by atoms with Gasteiger partial charge in [0.15, 0.2) is 0 Å². The van der Waals surface area contributed by atoms with Crippen LogP contribution in [0.5, 0.6) is 5.75 Å². The first kappa shape index (κ1) is 16.1. The minimum atomic E-state index is -0.339. The summed E-state index contributed by atoms with van der Waals surface area (Å²) in [5, 5.41) is 7.81. The van der Waals surface area contributed by atoms with Gasteiger partial charge < -0.3 is 15.0 Å². The Morgan fingerprint density at radius 2 is 2.24 bits per heavy atom. The zero-order valence-corrected chi connectivity index (χ0v) is 13.9. The second-order valence-electron chi connectivity index (χ2n) is 6.49. The molecule has 1 fully saturated rings. The number of halogens is 1. The first-order chi connectivity index (χ1) is 12.2. The fraction of sp³-hybridized carbons (Fsp3) is 0.444. The number of hydrogen-bond acceptors (Lipinski definition) is 4. The molecule has 7 heteroatoms. The van der Waals surface area contributed by atoms with E-state index in [1.807, 2.05) is 4.90 Å². The topological polar surface area (TPSA) is 59.4 Å². The van der Waals surface area contributed by atoms with Crippen LogP contribution in [-0.4, -0.2) is 46.3 Å². The second-order valence-corrected chi connectivity index (χ2v) is 6.49. The van der Waals surface area contributed by atoms with Crippen LogP contribution >= 0.6 is 0 Å². The highest BCUT2D eigenvalue weighted by atomic mass is 19.1. The number of benzene rings is 1. The Bertz CT molecular complexity index is 770. The van der Waals surface area contributed by atoms with E-state index >= 15 is 0 Å². The van der Waals surface area contributed by atoms with Gasteiger partial charge in [-0.05, 0) is 37.6 Å². The maximum absolute atomic E-state index is 13.2. The van der Waals surface area contributed by atoms with Crippen molar-refractivity contribution in [2.45, 2.75) is 32.0 Å². The van der Waals surface area contributed by atoms with Crippen LogP contribution in [0.4, 0.5) is 4.39 Å². The van der Waals surface area contributed by atoms with Gasteiger partial charge in [0, 0.05) is 25.2 Å². The largest absolute Gasteiger partial charge is 0.487 e. The van der Waals surface area contributed by atoms with Crippen molar-refractivity contribution in [3.63, 3.8) is 0 Å². The third-order valence-electron chi connectivity index (χ3n) is 4.76. The molecule has 1 amide bonds. The highest BCUT2D eigenvalue weighted by Gasteiger charge is 2.32. The van der Waals surface area contributed by atoms with Crippen LogP contribution in [0.2, 0.25) is 0 Å². The fourth-order valence-corrected chi connectivity index (χ4v) is 3.50. The maximum atomic E-state index is 13.2. The molecule has 25 heavy (non-hydrogen) atoms. The summed E-state index contributed by atoms with van der Waals surface area (Å²) >= 11 is 0. The average molecular weight is 344 g/mol. The lowest BCUT2D eigenvalue weighted by molar-refractivity contribution is 0.0579. The predicted molar refractivity (Wildman–Crippen MR) is 89.9 cm³/mol. The first-order valence-corrected chi connectivity index (χ1v) is 8.67. The average Bonchev–Trinajstić information content (AvgIpc) is 3.05. The smallest absolute Gasteiger partial charge is 0.272 e. The summed E-state index contributed by atoms with van der Waals surface area (Å²) in [6.07, 6.45) is 2.14. The number of ether oxygens (including phenoxy) is 1. The molecule has 132 valence electrons. The van der Waals surface area contributed by atoms with Crippen molar-refractivity contribution in [2.75, 3.05) is 19.6 Å². The Morgan fingerprint density at radius 1 is 1.32 bits per heavy atom. The molecule has 1 N–H and O–H groups in total. The number of aromatic nitrogens is 2. The van der Waals surface area contributed by atoms with Crippen LogP contribution in [-0.2, 0) is 13.2 Å². The summed E-state index contributed by atoms with van der Waals surface area (Å²) in [7, 11) is 0. The Kier molecular flexibility index (Phi) is 4.40. The van der Waals surface area contributed by atoms with Crippen LogP contribution < -0.4 is 10.1 Å². The van der Waals surface area contributed by atoms with Crippen LogP contribution in [0.1, 0.15) is 29.0 Å². The summed E-state index contributed by atoms with van der Waals surface area (Å²) in [5.74, 6) is 0.144. The highest BCUT2D eigenvalue weighted by Crippen LogP contribution is 2.20. The van der Waals surface area contributed by atoms with E-state index in [9.17, 15) is 9.18 Å². The Labute approximate surface area is 145 Å². The van der Waals surface area contributed by atoms with Crippen LogP contribution in [0, 0.1) is 5.82 Å². The summed E-state index contributed by atoms with van der Waals surface area (Å²) in [6, 6.07) is 8.04. The number of hydrogen-bond donors (Lipinski definition) is 1. The van der Waals surface area contributed by atoms with Gasteiger partial charge in [0.25, 0.3) is 5.91 Å². The molecule has 2 aliphatic rings. The molecular formula is C18H21FN4O2. The fourth-order valence-electron chi connectivity index (χ4n) is 3.50. The van der Waals surface area contributed by atoms with E-state index in [4.69, 9.17) is 4.74 Å². The second kappa shape index (κ2) is 6.84. The van der Waals surface area contributed by atoms with E-state index in [1.54, 1.807) is 22.9 Å². The lowest BCUT2D eigenvalue weighted by Gasteiger charge is -2.37. The molecule has 0 radical (unpaired) electrons. The van der Waals surface area contributed by atoms with Crippen molar-refractivity contribution < 1.29 is 13.9 Å². The van der Waals surface area contributed by atoms with Crippen molar-refractivity contribution in [1.82, 2.24) is 20.0 Å². The standard InChI is InChI=1S/C18H21FN4O2/c19-13-3-1-5-16(9-13)25-12-14-10-17-18(24)22(7-8-23(17)21-14)15-4-2-6-20-11-15/h1,3,5,9-10,15,20H,2,4,6-8,11-12H2. The summed E-state index contributed by atoms with van der Waals surface area (Å²) in [4.78, 5) is 14.8. The third kappa shape index (κ3) is 3.37. The Morgan fingerprint density at radius 3 is 3.04 bits per heavy atom. The van der Waals surface area contributed by atoms with E-state index in [1.165, 1.54) is 12.1 Å². The van der Waals surface area contributed by atoms with E-state index in [0.29, 0.717) is 30.2 Å². The molecular weight excluding hydrogens is 323 g/mol. The van der Waals surface area contributed by atoms with Gasteiger partial charge in [-0.1, -0.05) is 6.07 Å². The van der Waals surface area contributed by atoms with Gasteiger partial charge in [-0.15, -0.1) is 0 Å². The lowest BCUT2D eigenvalue weighted by atomic mass is 10.0. The summed E-state index contributed by atoms with van der Waals surface area (Å²) in [5.41, 5.74) is 1.28. The van der Waals surface area contributed by atoms with Gasteiger partial charge in [-0.2, -0.15) is 5.10 Å². The maximum Gasteiger partial charge on any atom is 0.272 e. The number of carbonyl (C=O) groups is 1. The molecule has 1 aromatic heterocycles. The van der Waals surface area contributed by atoms with Crippen molar-refractivity contribution in [2.24, 2.45) is 0 Å². The first-order valence-electron chi connectivity index (χ1n) is 8.67. The van der Waals surface area contributed by atoms with Crippen LogP contribution in [0.15, 0.2) is 30.3 Å². The van der Waals surface area contributed by atoms with Crippen molar-refractivity contribution in [1.29, 1.82) is 0 Å². The van der Waals surface area contributed by atoms with Gasteiger partial charge >= 0.3 is 0 Å². The van der Waals surface area contributed by atoms with Crippen molar-refractivity contribution >= 4 is 5.91 Å². The quantitative estimate of drug-likeness (QED) is 0.919. The normalized spacial score (nSPS) is 20.4. The van der Waals surface area contributed by atoms with Crippen LogP contribution in [0.25, 0.3) is 0 Å². The summed E-state index contributed by atoms with van der Waals surface area (Å²) < 4.78 is 20.5. The van der Waals surface area contributed by atoms with E-state index in [0.717, 1.165) is 25.9 Å². The molecule has 2 aromatic rings. The van der Waals surface area contributed by atoms with Gasteiger partial charge in [-0.25, -0.2) is 4.39 Å². The van der Waals surface area contributed by atoms with E-state index in [2.05, 4.69) is 10.4 Å². The van der Waals surface area contributed by atoms with Gasteiger partial charge in [0.2, 0.25) is 0 Å². The van der Waals surface area contributed by atoms with Gasteiger partial charge in [0.1, 0.15) is 29.6 Å². The molecule has 0 saturated carbocycles. The van der Waals surface area contributed by atoms with Gasteiger partial charge in [0.05, 0.1) is 6.54 Å². The Hall–Kier alpha value is -2.41. The minimum Gasteiger partial charge on any atom is -0.487 e. The number of fused-ring (bicyclic) bond motifs is 1. The van der Waals surface area contributed by atoms with Gasteiger partial charge in [-0.3, -0.25) is 9.48 Å². The monoisotopic (exact) mass is 344 g/mol. The molecule has 1 aromatic carbocycles. The van der Waals surface area contributed by atoms with E-state index < -0.39 is 0 Å². The molecule has 1 atom stereocenters. The van der Waals surface area contributed by atoms with Crippen LogP contribution in [0.3, 0.4) is 0 Å². The predicted octanol–water partition coefficient (Wildman–Crippen LogP) is 1.81. The minimum absolute atomic E-state index is 0.0319. The number of nitrogens with one attached hydrogen (secondary N) is 1. The molecule has 1 unspecified atom stereocenters. The van der Waals surface area contributed by atoms with E-state index in [-0.39, 0.29) is 24.4 Å². The molecule has 6 nitrogen and oxygen atoms in total. The zero-order chi connectivity index (χ0) is 17.2. The highest BCUT2D eigenvalue weighted by molar-refractivity contribution is 5.93. The molecule has 4 rings (SSSR count). The molecule has 0 bridgehead atoms. The number of carbonyl (C=O) groups excluding carboxylic acids is 1. The number of amides is 1. The third-order valence-corrected chi connectivity index (χ3v) is 4.76. The zero-order valence-electron chi connectivity index (χ0n) is 13.9. The Balaban J connectivity index is 1.45.